The lowest BCUT2D eigenvalue weighted by molar-refractivity contribution is 0.0787. The Bertz CT molecular complexity index is 825. The molecule has 5 nitrogen and oxygen atoms in total. The fraction of sp³-hybridized carbons (Fsp3) is 0.450. The van der Waals surface area contributed by atoms with Gasteiger partial charge in [0.2, 0.25) is 0 Å². The fourth-order valence-electron chi connectivity index (χ4n) is 3.84. The molecule has 1 fully saturated rings. The van der Waals surface area contributed by atoms with E-state index in [1.54, 1.807) is 0 Å². The van der Waals surface area contributed by atoms with Gasteiger partial charge < -0.3 is 18.9 Å². The second-order valence-corrected chi connectivity index (χ2v) is 7.09. The average molecular weight is 340 g/mol. The molecule has 1 unspecified atom stereocenters. The normalized spacial score (nSPS) is 19.3. The molecule has 1 atom stereocenters. The summed E-state index contributed by atoms with van der Waals surface area (Å²) in [6.45, 7) is 9.10. The van der Waals surface area contributed by atoms with Crippen molar-refractivity contribution in [2.24, 2.45) is 5.92 Å². The summed E-state index contributed by atoms with van der Waals surface area (Å²) in [5, 5.41) is 0. The first-order valence-corrected chi connectivity index (χ1v) is 8.93. The molecule has 25 heavy (non-hydrogen) atoms. The van der Waals surface area contributed by atoms with E-state index in [0.717, 1.165) is 53.6 Å². The lowest BCUT2D eigenvalue weighted by Gasteiger charge is -2.20. The van der Waals surface area contributed by atoms with Gasteiger partial charge >= 0.3 is 0 Å². The van der Waals surface area contributed by atoms with Crippen LogP contribution in [0.2, 0.25) is 0 Å². The lowest BCUT2D eigenvalue weighted by Crippen LogP contribution is -2.28. The molecule has 0 bridgehead atoms. The van der Waals surface area contributed by atoms with E-state index in [4.69, 9.17) is 9.47 Å². The van der Waals surface area contributed by atoms with E-state index >= 15 is 0 Å². The molecular formula is C20H24N2O3. The second-order valence-electron chi connectivity index (χ2n) is 7.09. The molecule has 0 saturated carbocycles. The minimum atomic E-state index is 0.140. The maximum atomic E-state index is 12.9. The van der Waals surface area contributed by atoms with E-state index in [-0.39, 0.29) is 5.91 Å². The van der Waals surface area contributed by atoms with Crippen LogP contribution < -0.4 is 9.47 Å². The minimum Gasteiger partial charge on any atom is -0.486 e. The molecule has 2 aliphatic rings. The van der Waals surface area contributed by atoms with Gasteiger partial charge in [-0.3, -0.25) is 4.79 Å². The number of carbonyl (C=O) groups excluding carboxylic acids is 1. The van der Waals surface area contributed by atoms with Crippen LogP contribution in [0.25, 0.3) is 5.69 Å². The van der Waals surface area contributed by atoms with E-state index in [1.165, 1.54) is 0 Å². The number of carbonyl (C=O) groups is 1. The van der Waals surface area contributed by atoms with Gasteiger partial charge in [0.05, 0.1) is 5.56 Å². The molecule has 0 aliphatic carbocycles. The monoisotopic (exact) mass is 340 g/mol. The zero-order valence-electron chi connectivity index (χ0n) is 15.0. The number of likely N-dealkylation sites (tertiary alicyclic amines) is 1. The van der Waals surface area contributed by atoms with Crippen LogP contribution in [0, 0.1) is 19.8 Å². The Morgan fingerprint density at radius 3 is 2.60 bits per heavy atom. The van der Waals surface area contributed by atoms with E-state index < -0.39 is 0 Å². The zero-order chi connectivity index (χ0) is 17.6. The van der Waals surface area contributed by atoms with Crippen LogP contribution in [-0.4, -0.2) is 41.7 Å². The summed E-state index contributed by atoms with van der Waals surface area (Å²) in [6, 6.07) is 7.93. The smallest absolute Gasteiger partial charge is 0.255 e. The van der Waals surface area contributed by atoms with Gasteiger partial charge in [-0.1, -0.05) is 6.92 Å². The predicted molar refractivity (Wildman–Crippen MR) is 95.9 cm³/mol. The van der Waals surface area contributed by atoms with Crippen molar-refractivity contribution in [2.45, 2.75) is 27.2 Å². The van der Waals surface area contributed by atoms with Gasteiger partial charge in [0.1, 0.15) is 13.2 Å². The number of nitrogens with zero attached hydrogens (tertiary/aromatic N) is 2. The van der Waals surface area contributed by atoms with Crippen molar-refractivity contribution in [2.75, 3.05) is 26.3 Å². The summed E-state index contributed by atoms with van der Waals surface area (Å²) < 4.78 is 13.4. The van der Waals surface area contributed by atoms with Gasteiger partial charge in [-0.15, -0.1) is 0 Å². The number of hydrogen-bond donors (Lipinski definition) is 0. The highest BCUT2D eigenvalue weighted by molar-refractivity contribution is 5.96. The summed E-state index contributed by atoms with van der Waals surface area (Å²) in [6.07, 6.45) is 1.09. The molecule has 2 aliphatic heterocycles. The number of rotatable bonds is 2. The number of amides is 1. The molecule has 0 N–H and O–H groups in total. The van der Waals surface area contributed by atoms with Crippen molar-refractivity contribution < 1.29 is 14.3 Å². The van der Waals surface area contributed by atoms with Gasteiger partial charge in [-0.2, -0.15) is 0 Å². The SMILES string of the molecule is Cc1cc(C(=O)N2CCC(C)C2)c(C)n1-c1ccc2c(c1)OCCO2. The first-order valence-electron chi connectivity index (χ1n) is 8.93. The van der Waals surface area contributed by atoms with E-state index in [9.17, 15) is 4.79 Å². The zero-order valence-corrected chi connectivity index (χ0v) is 15.0. The molecule has 1 aromatic carbocycles. The summed E-state index contributed by atoms with van der Waals surface area (Å²) in [5.74, 6) is 2.27. The second kappa shape index (κ2) is 6.14. The summed E-state index contributed by atoms with van der Waals surface area (Å²) >= 11 is 0. The highest BCUT2D eigenvalue weighted by Crippen LogP contribution is 2.33. The highest BCUT2D eigenvalue weighted by Gasteiger charge is 2.27. The number of ether oxygens (including phenoxy) is 2. The van der Waals surface area contributed by atoms with Crippen molar-refractivity contribution >= 4 is 5.91 Å². The minimum absolute atomic E-state index is 0.140. The molecule has 1 amide bonds. The molecule has 1 saturated heterocycles. The first kappa shape index (κ1) is 16.1. The summed E-state index contributed by atoms with van der Waals surface area (Å²) in [4.78, 5) is 14.9. The molecule has 2 aromatic rings. The topological polar surface area (TPSA) is 43.7 Å². The first-order chi connectivity index (χ1) is 12.0. The van der Waals surface area contributed by atoms with Crippen LogP contribution in [0.4, 0.5) is 0 Å². The van der Waals surface area contributed by atoms with Crippen molar-refractivity contribution in [1.29, 1.82) is 0 Å². The van der Waals surface area contributed by atoms with Crippen molar-refractivity contribution in [3.63, 3.8) is 0 Å². The van der Waals surface area contributed by atoms with E-state index in [0.29, 0.717) is 19.1 Å². The van der Waals surface area contributed by atoms with Crippen LogP contribution in [0.3, 0.4) is 0 Å². The fourth-order valence-corrected chi connectivity index (χ4v) is 3.84. The van der Waals surface area contributed by atoms with Crippen LogP contribution >= 0.6 is 0 Å². The maximum Gasteiger partial charge on any atom is 0.255 e. The molecule has 1 aromatic heterocycles. The van der Waals surface area contributed by atoms with Crippen LogP contribution in [0.1, 0.15) is 35.1 Å². The number of benzene rings is 1. The molecule has 3 heterocycles. The maximum absolute atomic E-state index is 12.9. The Kier molecular flexibility index (Phi) is 3.94. The molecule has 132 valence electrons. The Labute approximate surface area is 148 Å². The van der Waals surface area contributed by atoms with Crippen LogP contribution in [-0.2, 0) is 0 Å². The molecule has 5 heteroatoms. The van der Waals surface area contributed by atoms with Crippen LogP contribution in [0.15, 0.2) is 24.3 Å². The summed E-state index contributed by atoms with van der Waals surface area (Å²) in [5.41, 5.74) is 3.80. The Hall–Kier alpha value is -2.43. The van der Waals surface area contributed by atoms with Gasteiger partial charge in [-0.05, 0) is 44.4 Å². The molecular weight excluding hydrogens is 316 g/mol. The molecule has 4 rings (SSSR count). The number of hydrogen-bond acceptors (Lipinski definition) is 3. The van der Waals surface area contributed by atoms with E-state index in [2.05, 4.69) is 11.5 Å². The predicted octanol–water partition coefficient (Wildman–Crippen LogP) is 3.35. The standard InChI is InChI=1S/C20H24N2O3/c1-13-6-7-21(12-13)20(23)17-10-14(2)22(15(17)3)16-4-5-18-19(11-16)25-9-8-24-18/h4-5,10-11,13H,6-9,12H2,1-3H3. The van der Waals surface area contributed by atoms with Crippen molar-refractivity contribution in [1.82, 2.24) is 9.47 Å². The number of aryl methyl sites for hydroxylation is 1. The number of fused-ring (bicyclic) bond motifs is 1. The average Bonchev–Trinajstić information content (AvgIpc) is 3.17. The summed E-state index contributed by atoms with van der Waals surface area (Å²) in [7, 11) is 0. The van der Waals surface area contributed by atoms with Gasteiger partial charge in [0.25, 0.3) is 5.91 Å². The molecule has 0 radical (unpaired) electrons. The van der Waals surface area contributed by atoms with Gasteiger partial charge in [-0.25, -0.2) is 0 Å². The molecule has 0 spiro atoms. The van der Waals surface area contributed by atoms with Crippen LogP contribution in [0.5, 0.6) is 11.5 Å². The Balaban J connectivity index is 1.69. The highest BCUT2D eigenvalue weighted by atomic mass is 16.6. The van der Waals surface area contributed by atoms with Crippen molar-refractivity contribution in [3.8, 4) is 17.2 Å². The van der Waals surface area contributed by atoms with Gasteiger partial charge in [0, 0.05) is 36.2 Å². The van der Waals surface area contributed by atoms with E-state index in [1.807, 2.05) is 43.0 Å². The third-order valence-electron chi connectivity index (χ3n) is 5.16. The largest absolute Gasteiger partial charge is 0.486 e. The van der Waals surface area contributed by atoms with Crippen molar-refractivity contribution in [3.05, 3.63) is 41.2 Å². The Morgan fingerprint density at radius 1 is 1.12 bits per heavy atom. The number of aromatic nitrogens is 1. The third-order valence-corrected chi connectivity index (χ3v) is 5.16. The third kappa shape index (κ3) is 2.77. The quantitative estimate of drug-likeness (QED) is 0.842. The lowest BCUT2D eigenvalue weighted by atomic mass is 10.2. The van der Waals surface area contributed by atoms with Gasteiger partial charge in [0.15, 0.2) is 11.5 Å². The Morgan fingerprint density at radius 2 is 1.88 bits per heavy atom.